The fourth-order valence-corrected chi connectivity index (χ4v) is 3.15. The standard InChI is InChI=1S/C18H18N2O.C17H16N2O/c1-18(2,3)17(21)20-16-12-11-15(13-19-16)10-9-14-7-5-4-6-8-14;1-2-6-17(20)19-16-12-11-15(13-18-16)10-9-14-7-4-3-5-8-14/h4-8,11-13H,1-3H3,(H,19,20,21);3-5,7-8,11-13H,2,6H2,1H3,(H,18,19,20). The fourth-order valence-electron chi connectivity index (χ4n) is 3.15. The minimum absolute atomic E-state index is 0.0110. The van der Waals surface area contributed by atoms with Crippen LogP contribution in [0.25, 0.3) is 0 Å². The van der Waals surface area contributed by atoms with Crippen LogP contribution in [0.4, 0.5) is 11.6 Å². The molecule has 0 spiro atoms. The summed E-state index contributed by atoms with van der Waals surface area (Å²) in [6.45, 7) is 7.56. The van der Waals surface area contributed by atoms with Crippen LogP contribution in [0.2, 0.25) is 0 Å². The number of nitrogens with zero attached hydrogens (tertiary/aromatic N) is 2. The minimum Gasteiger partial charge on any atom is -0.311 e. The number of hydrogen-bond donors (Lipinski definition) is 2. The number of nitrogens with one attached hydrogen (secondary N) is 2. The van der Waals surface area contributed by atoms with Crippen LogP contribution in [0.1, 0.15) is 62.8 Å². The Bertz CT molecular complexity index is 1530. The van der Waals surface area contributed by atoms with Gasteiger partial charge in [0.15, 0.2) is 0 Å². The van der Waals surface area contributed by atoms with Crippen molar-refractivity contribution in [2.75, 3.05) is 10.6 Å². The van der Waals surface area contributed by atoms with Gasteiger partial charge >= 0.3 is 0 Å². The van der Waals surface area contributed by atoms with Crippen molar-refractivity contribution in [2.24, 2.45) is 5.41 Å². The van der Waals surface area contributed by atoms with Gasteiger partial charge < -0.3 is 10.6 Å². The zero-order valence-corrected chi connectivity index (χ0v) is 23.9. The molecule has 6 heteroatoms. The van der Waals surface area contributed by atoms with Crippen LogP contribution in [0.5, 0.6) is 0 Å². The van der Waals surface area contributed by atoms with Crippen molar-refractivity contribution in [2.45, 2.75) is 40.5 Å². The molecule has 0 aliphatic heterocycles. The zero-order valence-electron chi connectivity index (χ0n) is 23.9. The van der Waals surface area contributed by atoms with Crippen LogP contribution in [0, 0.1) is 29.1 Å². The van der Waals surface area contributed by atoms with Gasteiger partial charge in [0.2, 0.25) is 11.8 Å². The SMILES string of the molecule is CC(C)(C)C(=O)Nc1ccc(C#Cc2ccccc2)cn1.CCCC(=O)Nc1ccc(C#Cc2ccccc2)cn1. The summed E-state index contributed by atoms with van der Waals surface area (Å²) in [5.41, 5.74) is 3.12. The molecule has 0 saturated heterocycles. The van der Waals surface area contributed by atoms with Gasteiger partial charge in [-0.25, -0.2) is 9.97 Å². The number of carbonyl (C=O) groups is 2. The van der Waals surface area contributed by atoms with E-state index in [1.807, 2.05) is 100 Å². The largest absolute Gasteiger partial charge is 0.311 e. The molecule has 2 amide bonds. The lowest BCUT2D eigenvalue weighted by molar-refractivity contribution is -0.123. The lowest BCUT2D eigenvalue weighted by Gasteiger charge is -2.16. The smallest absolute Gasteiger partial charge is 0.230 e. The normalized spacial score (nSPS) is 9.95. The van der Waals surface area contributed by atoms with Crippen LogP contribution in [0.3, 0.4) is 0 Å². The lowest BCUT2D eigenvalue weighted by Crippen LogP contribution is -2.27. The highest BCUT2D eigenvalue weighted by Gasteiger charge is 2.21. The Morgan fingerprint density at radius 2 is 1.07 bits per heavy atom. The van der Waals surface area contributed by atoms with Crippen molar-refractivity contribution in [1.29, 1.82) is 0 Å². The summed E-state index contributed by atoms with van der Waals surface area (Å²) in [5, 5.41) is 5.53. The molecule has 0 aliphatic carbocycles. The topological polar surface area (TPSA) is 84.0 Å². The van der Waals surface area contributed by atoms with E-state index in [1.165, 1.54) is 0 Å². The third-order valence-corrected chi connectivity index (χ3v) is 5.44. The Hall–Kier alpha value is -5.20. The van der Waals surface area contributed by atoms with E-state index >= 15 is 0 Å². The van der Waals surface area contributed by atoms with E-state index in [9.17, 15) is 9.59 Å². The molecule has 41 heavy (non-hydrogen) atoms. The van der Waals surface area contributed by atoms with Gasteiger partial charge in [0.1, 0.15) is 11.6 Å². The number of hydrogen-bond acceptors (Lipinski definition) is 4. The Kier molecular flexibility index (Phi) is 11.4. The lowest BCUT2D eigenvalue weighted by atomic mass is 9.96. The molecule has 0 fully saturated rings. The Morgan fingerprint density at radius 1 is 0.634 bits per heavy atom. The van der Waals surface area contributed by atoms with Crippen molar-refractivity contribution >= 4 is 23.5 Å². The number of pyridine rings is 2. The predicted molar refractivity (Wildman–Crippen MR) is 165 cm³/mol. The van der Waals surface area contributed by atoms with Crippen LogP contribution in [0.15, 0.2) is 97.3 Å². The van der Waals surface area contributed by atoms with Gasteiger partial charge in [0.25, 0.3) is 0 Å². The van der Waals surface area contributed by atoms with Crippen LogP contribution in [-0.2, 0) is 9.59 Å². The first-order valence-corrected chi connectivity index (χ1v) is 13.4. The molecule has 2 N–H and O–H groups in total. The molecule has 0 radical (unpaired) electrons. The summed E-state index contributed by atoms with van der Waals surface area (Å²) in [5.74, 6) is 13.3. The zero-order chi connectivity index (χ0) is 29.5. The van der Waals surface area contributed by atoms with Gasteiger partial charge in [0.05, 0.1) is 0 Å². The third kappa shape index (κ3) is 11.2. The maximum absolute atomic E-state index is 11.9. The van der Waals surface area contributed by atoms with Crippen molar-refractivity contribution in [3.63, 3.8) is 0 Å². The number of rotatable bonds is 4. The van der Waals surface area contributed by atoms with Gasteiger partial charge in [-0.15, -0.1) is 0 Å². The molecular formula is C35H34N4O2. The van der Waals surface area contributed by atoms with Gasteiger partial charge in [-0.05, 0) is 55.0 Å². The average molecular weight is 543 g/mol. The quantitative estimate of drug-likeness (QED) is 0.282. The molecule has 2 heterocycles. The number of amides is 2. The molecular weight excluding hydrogens is 508 g/mol. The van der Waals surface area contributed by atoms with E-state index in [2.05, 4.69) is 44.3 Å². The molecule has 206 valence electrons. The van der Waals surface area contributed by atoms with E-state index in [1.54, 1.807) is 24.5 Å². The number of anilines is 2. The van der Waals surface area contributed by atoms with Crippen molar-refractivity contribution in [3.8, 4) is 23.7 Å². The van der Waals surface area contributed by atoms with Gasteiger partial charge in [0, 0.05) is 46.5 Å². The van der Waals surface area contributed by atoms with Gasteiger partial charge in [-0.1, -0.05) is 87.8 Å². The van der Waals surface area contributed by atoms with E-state index < -0.39 is 5.41 Å². The van der Waals surface area contributed by atoms with E-state index in [0.717, 1.165) is 28.7 Å². The highest BCUT2D eigenvalue weighted by Crippen LogP contribution is 2.16. The van der Waals surface area contributed by atoms with Crippen LogP contribution < -0.4 is 10.6 Å². The van der Waals surface area contributed by atoms with Crippen molar-refractivity contribution in [1.82, 2.24) is 9.97 Å². The highest BCUT2D eigenvalue weighted by atomic mass is 16.2. The van der Waals surface area contributed by atoms with E-state index in [-0.39, 0.29) is 11.8 Å². The first-order valence-electron chi connectivity index (χ1n) is 13.4. The molecule has 2 aromatic carbocycles. The second-order valence-corrected chi connectivity index (χ2v) is 10.1. The summed E-state index contributed by atoms with van der Waals surface area (Å²) in [6, 6.07) is 26.8. The number of carbonyl (C=O) groups excluding carboxylic acids is 2. The van der Waals surface area contributed by atoms with Crippen molar-refractivity contribution < 1.29 is 9.59 Å². The first kappa shape index (κ1) is 30.3. The predicted octanol–water partition coefficient (Wildman–Crippen LogP) is 6.69. The Labute approximate surface area is 242 Å². The van der Waals surface area contributed by atoms with E-state index in [4.69, 9.17) is 0 Å². The average Bonchev–Trinajstić information content (AvgIpc) is 2.97. The van der Waals surface area contributed by atoms with Gasteiger partial charge in [-0.3, -0.25) is 9.59 Å². The maximum Gasteiger partial charge on any atom is 0.230 e. The summed E-state index contributed by atoms with van der Waals surface area (Å²) < 4.78 is 0. The van der Waals surface area contributed by atoms with E-state index in [0.29, 0.717) is 18.1 Å². The van der Waals surface area contributed by atoms with Gasteiger partial charge in [-0.2, -0.15) is 0 Å². The summed E-state index contributed by atoms with van der Waals surface area (Å²) in [6.07, 6.45) is 4.66. The summed E-state index contributed by atoms with van der Waals surface area (Å²) in [7, 11) is 0. The minimum atomic E-state index is -0.437. The molecule has 2 aromatic heterocycles. The number of aromatic nitrogens is 2. The summed E-state index contributed by atoms with van der Waals surface area (Å²) in [4.78, 5) is 31.7. The van der Waals surface area contributed by atoms with Crippen LogP contribution >= 0.6 is 0 Å². The maximum atomic E-state index is 11.9. The second-order valence-electron chi connectivity index (χ2n) is 10.1. The number of benzene rings is 2. The monoisotopic (exact) mass is 542 g/mol. The van der Waals surface area contributed by atoms with Crippen molar-refractivity contribution in [3.05, 3.63) is 120 Å². The Balaban J connectivity index is 0.000000226. The molecule has 4 aromatic rings. The molecule has 6 nitrogen and oxygen atoms in total. The molecule has 0 saturated carbocycles. The fraction of sp³-hybridized carbons (Fsp3) is 0.200. The molecule has 0 atom stereocenters. The first-order chi connectivity index (χ1) is 19.7. The second kappa shape index (κ2) is 15.4. The van der Waals surface area contributed by atoms with Crippen LogP contribution in [-0.4, -0.2) is 21.8 Å². The molecule has 4 rings (SSSR count). The molecule has 0 bridgehead atoms. The third-order valence-electron chi connectivity index (χ3n) is 5.44. The summed E-state index contributed by atoms with van der Waals surface area (Å²) >= 11 is 0. The molecule has 0 aliphatic rings. The Morgan fingerprint density at radius 3 is 1.46 bits per heavy atom. The highest BCUT2D eigenvalue weighted by molar-refractivity contribution is 5.93. The molecule has 0 unspecified atom stereocenters.